The van der Waals surface area contributed by atoms with Crippen LogP contribution >= 0.6 is 0 Å². The van der Waals surface area contributed by atoms with E-state index in [9.17, 15) is 40.5 Å². The Labute approximate surface area is 537 Å². The third kappa shape index (κ3) is 51.8. The van der Waals surface area contributed by atoms with E-state index in [0.29, 0.717) is 12.8 Å². The summed E-state index contributed by atoms with van der Waals surface area (Å²) in [6.45, 7) is 3.51. The van der Waals surface area contributed by atoms with Crippen LogP contribution in [0.3, 0.4) is 0 Å². The second-order valence-corrected chi connectivity index (χ2v) is 27.1. The molecule has 1 aliphatic heterocycles. The van der Waals surface area contributed by atoms with Crippen molar-refractivity contribution in [2.24, 2.45) is 0 Å². The van der Waals surface area contributed by atoms with E-state index in [2.05, 4.69) is 43.5 Å². The quantitative estimate of drug-likeness (QED) is 0.0215. The van der Waals surface area contributed by atoms with E-state index in [1.165, 1.54) is 308 Å². The van der Waals surface area contributed by atoms with E-state index in [1.807, 2.05) is 0 Å². The van der Waals surface area contributed by atoms with Crippen molar-refractivity contribution >= 4 is 5.91 Å². The number of carbonyl (C=O) groups excluding carboxylic acids is 1. The molecule has 1 saturated heterocycles. The predicted octanol–water partition coefficient (Wildman–Crippen LogP) is 19.1. The minimum Gasteiger partial charge on any atom is -0.394 e. The molecular weight excluding hydrogens is 1090 g/mol. The molecule has 87 heavy (non-hydrogen) atoms. The molecule has 1 fully saturated rings. The summed E-state index contributed by atoms with van der Waals surface area (Å²) < 4.78 is 11.2. The van der Waals surface area contributed by atoms with Crippen LogP contribution in [0.4, 0.5) is 0 Å². The van der Waals surface area contributed by atoms with E-state index in [-0.39, 0.29) is 12.8 Å². The Morgan fingerprint density at radius 2 is 0.678 bits per heavy atom. The molecule has 1 aliphatic rings. The summed E-state index contributed by atoms with van der Waals surface area (Å²) in [6.07, 6.45) is 71.4. The minimum absolute atomic E-state index is 0.256. The van der Waals surface area contributed by atoms with Crippen molar-refractivity contribution in [3.8, 4) is 0 Å². The summed E-state index contributed by atoms with van der Waals surface area (Å²) >= 11 is 0. The van der Waals surface area contributed by atoms with Crippen molar-refractivity contribution in [3.63, 3.8) is 0 Å². The zero-order valence-corrected chi connectivity index (χ0v) is 57.3. The first-order chi connectivity index (χ1) is 42.7. The molecule has 0 aliphatic carbocycles. The molecule has 0 aromatic heterocycles. The zero-order valence-electron chi connectivity index (χ0n) is 57.3. The van der Waals surface area contributed by atoms with Gasteiger partial charge in [0.2, 0.25) is 5.91 Å². The van der Waals surface area contributed by atoms with Crippen LogP contribution in [0.25, 0.3) is 0 Å². The average Bonchev–Trinajstić information content (AvgIpc) is 1.97. The maximum Gasteiger partial charge on any atom is 0.249 e. The molecule has 0 aromatic carbocycles. The number of aliphatic hydroxyl groups is 7. The summed E-state index contributed by atoms with van der Waals surface area (Å²) in [5.74, 6) is -0.700. The first-order valence-corrected chi connectivity index (χ1v) is 38.2. The minimum atomic E-state index is -1.67. The van der Waals surface area contributed by atoms with Crippen LogP contribution in [0.15, 0.2) is 24.3 Å². The van der Waals surface area contributed by atoms with E-state index >= 15 is 0 Å². The second kappa shape index (κ2) is 64.7. The van der Waals surface area contributed by atoms with E-state index < -0.39 is 74.2 Å². The van der Waals surface area contributed by atoms with Gasteiger partial charge in [-0.25, -0.2) is 0 Å². The van der Waals surface area contributed by atoms with E-state index in [1.54, 1.807) is 0 Å². The van der Waals surface area contributed by atoms with Gasteiger partial charge in [-0.1, -0.05) is 346 Å². The van der Waals surface area contributed by atoms with Gasteiger partial charge in [0.1, 0.15) is 36.6 Å². The molecule has 0 bridgehead atoms. The number of unbranched alkanes of at least 4 members (excludes halogenated alkanes) is 52. The van der Waals surface area contributed by atoms with Gasteiger partial charge >= 0.3 is 0 Å². The SMILES string of the molecule is CCCCCCCCCCCCCC/C=C\CCCCCCCCCCCCCCC(O)C(=O)NC(COC1OC(CO)C(O)C(O)C1O)C(O)C(O)CCC/C=C/CCCCCCCCCCCCCCCCCCCCCCCCCCCCC. The topological polar surface area (TPSA) is 189 Å². The Morgan fingerprint density at radius 1 is 0.391 bits per heavy atom. The van der Waals surface area contributed by atoms with Gasteiger partial charge in [-0.2, -0.15) is 0 Å². The van der Waals surface area contributed by atoms with E-state index in [0.717, 1.165) is 38.5 Å². The van der Waals surface area contributed by atoms with Gasteiger partial charge in [0.15, 0.2) is 6.29 Å². The van der Waals surface area contributed by atoms with Gasteiger partial charge in [-0.05, 0) is 64.2 Å². The first kappa shape index (κ1) is 83.6. The monoisotopic (exact) mass is 1230 g/mol. The van der Waals surface area contributed by atoms with Gasteiger partial charge in [0.25, 0.3) is 0 Å². The molecule has 11 heteroatoms. The Bertz CT molecular complexity index is 1460. The number of carbonyl (C=O) groups is 1. The van der Waals surface area contributed by atoms with Crippen LogP contribution in [0, 0.1) is 0 Å². The van der Waals surface area contributed by atoms with Gasteiger partial charge in [-0.3, -0.25) is 4.79 Å². The summed E-state index contributed by atoms with van der Waals surface area (Å²) in [6, 6.07) is -1.19. The van der Waals surface area contributed by atoms with Crippen molar-refractivity contribution in [2.45, 2.75) is 441 Å². The maximum atomic E-state index is 13.3. The molecule has 8 N–H and O–H groups in total. The standard InChI is InChI=1S/C76H147NO10/c1-3-5-7-9-11-13-15-17-19-21-23-25-27-29-31-33-34-35-36-38-39-41-43-45-47-49-51-53-55-57-59-61-63-68(79)71(81)67(66-86-76-74(84)73(83)72(82)70(65-78)87-76)77-75(85)69(80)64-62-60-58-56-54-52-50-48-46-44-42-40-37-32-30-28-26-24-22-20-18-16-14-12-10-8-6-4-2/h30,32,55,57,67-74,76,78-84H,3-29,31,33-54,56,58-66H2,1-2H3,(H,77,85)/b32-30-,57-55+. The number of rotatable bonds is 68. The molecule has 516 valence electrons. The molecule has 1 amide bonds. The molecular formula is C76H147NO10. The number of nitrogens with one attached hydrogen (secondary N) is 1. The van der Waals surface area contributed by atoms with E-state index in [4.69, 9.17) is 9.47 Å². The van der Waals surface area contributed by atoms with Crippen molar-refractivity contribution in [3.05, 3.63) is 24.3 Å². The molecule has 9 unspecified atom stereocenters. The van der Waals surface area contributed by atoms with Crippen LogP contribution in [-0.2, 0) is 14.3 Å². The molecule has 1 rings (SSSR count). The lowest BCUT2D eigenvalue weighted by Crippen LogP contribution is -2.60. The fraction of sp³-hybridized carbons (Fsp3) is 0.934. The number of ether oxygens (including phenoxy) is 2. The lowest BCUT2D eigenvalue weighted by atomic mass is 9.98. The van der Waals surface area contributed by atoms with Crippen molar-refractivity contribution in [2.75, 3.05) is 13.2 Å². The Hall–Kier alpha value is -1.41. The predicted molar refractivity (Wildman–Crippen MR) is 367 cm³/mol. The number of allylic oxidation sites excluding steroid dienone is 4. The van der Waals surface area contributed by atoms with Gasteiger partial charge in [0.05, 0.1) is 25.4 Å². The summed E-state index contributed by atoms with van der Waals surface area (Å²) in [5.41, 5.74) is 0. The summed E-state index contributed by atoms with van der Waals surface area (Å²) in [4.78, 5) is 13.3. The summed E-state index contributed by atoms with van der Waals surface area (Å²) in [5, 5.41) is 76.6. The number of hydrogen-bond donors (Lipinski definition) is 8. The molecule has 1 heterocycles. The molecule has 11 nitrogen and oxygen atoms in total. The number of hydrogen-bond acceptors (Lipinski definition) is 10. The number of aliphatic hydroxyl groups excluding tert-OH is 7. The lowest BCUT2D eigenvalue weighted by molar-refractivity contribution is -0.303. The molecule has 9 atom stereocenters. The smallest absolute Gasteiger partial charge is 0.249 e. The highest BCUT2D eigenvalue weighted by Crippen LogP contribution is 2.24. The zero-order chi connectivity index (χ0) is 63.1. The van der Waals surface area contributed by atoms with Gasteiger partial charge in [-0.15, -0.1) is 0 Å². The highest BCUT2D eigenvalue weighted by atomic mass is 16.7. The van der Waals surface area contributed by atoms with Gasteiger partial charge in [0, 0.05) is 0 Å². The van der Waals surface area contributed by atoms with Gasteiger partial charge < -0.3 is 50.5 Å². The van der Waals surface area contributed by atoms with Crippen molar-refractivity contribution in [1.82, 2.24) is 5.32 Å². The molecule has 0 spiro atoms. The highest BCUT2D eigenvalue weighted by molar-refractivity contribution is 5.80. The molecule has 0 radical (unpaired) electrons. The number of amides is 1. The first-order valence-electron chi connectivity index (χ1n) is 38.2. The van der Waals surface area contributed by atoms with Crippen molar-refractivity contribution < 1.29 is 50.0 Å². The molecule has 0 aromatic rings. The lowest BCUT2D eigenvalue weighted by Gasteiger charge is -2.40. The fourth-order valence-electron chi connectivity index (χ4n) is 12.6. The van der Waals surface area contributed by atoms with Crippen LogP contribution in [0.2, 0.25) is 0 Å². The summed E-state index contributed by atoms with van der Waals surface area (Å²) in [7, 11) is 0. The Balaban J connectivity index is 2.17. The normalized spacial score (nSPS) is 18.7. The van der Waals surface area contributed by atoms with Crippen LogP contribution in [0.1, 0.15) is 386 Å². The maximum absolute atomic E-state index is 13.3. The van der Waals surface area contributed by atoms with Crippen LogP contribution < -0.4 is 5.32 Å². The average molecular weight is 1240 g/mol. The largest absolute Gasteiger partial charge is 0.394 e. The third-order valence-electron chi connectivity index (χ3n) is 18.7. The van der Waals surface area contributed by atoms with Crippen LogP contribution in [-0.4, -0.2) is 110 Å². The fourth-order valence-corrected chi connectivity index (χ4v) is 12.6. The molecule has 0 saturated carbocycles. The Kier molecular flexibility index (Phi) is 62.2. The highest BCUT2D eigenvalue weighted by Gasteiger charge is 2.44. The van der Waals surface area contributed by atoms with Crippen LogP contribution in [0.5, 0.6) is 0 Å². The second-order valence-electron chi connectivity index (χ2n) is 27.1. The Morgan fingerprint density at radius 3 is 0.989 bits per heavy atom. The third-order valence-corrected chi connectivity index (χ3v) is 18.7. The van der Waals surface area contributed by atoms with Crippen molar-refractivity contribution in [1.29, 1.82) is 0 Å².